The van der Waals surface area contributed by atoms with Crippen LogP contribution in [0.15, 0.2) is 30.3 Å². The predicted molar refractivity (Wildman–Crippen MR) is 104 cm³/mol. The van der Waals surface area contributed by atoms with E-state index in [1.54, 1.807) is 4.90 Å². The largest absolute Gasteiger partial charge is 0.338 e. The second-order valence-corrected chi connectivity index (χ2v) is 6.80. The zero-order chi connectivity index (χ0) is 19.4. The number of aromatic nitrogens is 2. The molecule has 0 unspecified atom stereocenters. The van der Waals surface area contributed by atoms with Gasteiger partial charge in [-0.25, -0.2) is 4.79 Å². The molecule has 0 radical (unpaired) electrons. The minimum absolute atomic E-state index is 0.000128. The molecule has 1 N–H and O–H groups in total. The van der Waals surface area contributed by atoms with Crippen LogP contribution in [0.25, 0.3) is 0 Å². The number of hydrogen-bond donors (Lipinski definition) is 1. The third-order valence-corrected chi connectivity index (χ3v) is 4.95. The van der Waals surface area contributed by atoms with E-state index in [-0.39, 0.29) is 11.9 Å². The monoisotopic (exact) mass is 369 g/mol. The summed E-state index contributed by atoms with van der Waals surface area (Å²) in [6, 6.07) is 10.0. The third-order valence-electron chi connectivity index (χ3n) is 4.95. The van der Waals surface area contributed by atoms with E-state index in [2.05, 4.69) is 22.5 Å². The molecular formula is C20H27N5O2. The lowest BCUT2D eigenvalue weighted by atomic mass is 10.1. The molecule has 0 saturated carbocycles. The lowest BCUT2D eigenvalue weighted by Crippen LogP contribution is -2.53. The number of hydrogen-bond acceptors (Lipinski definition) is 3. The average Bonchev–Trinajstić information content (AvgIpc) is 2.95. The molecule has 7 nitrogen and oxygen atoms in total. The number of amides is 3. The third kappa shape index (κ3) is 4.13. The quantitative estimate of drug-likeness (QED) is 0.897. The molecule has 1 aromatic carbocycles. The van der Waals surface area contributed by atoms with Gasteiger partial charge in [0.05, 0.1) is 17.8 Å². The van der Waals surface area contributed by atoms with Crippen LogP contribution in [-0.4, -0.2) is 64.2 Å². The number of nitrogens with zero attached hydrogens (tertiary/aromatic N) is 4. The molecule has 1 aromatic heterocycles. The van der Waals surface area contributed by atoms with Gasteiger partial charge >= 0.3 is 6.03 Å². The Kier molecular flexibility index (Phi) is 5.78. The van der Waals surface area contributed by atoms with Crippen molar-refractivity contribution in [2.45, 2.75) is 27.3 Å². The van der Waals surface area contributed by atoms with Crippen LogP contribution < -0.4 is 5.32 Å². The van der Waals surface area contributed by atoms with Crippen molar-refractivity contribution in [3.8, 4) is 0 Å². The lowest BCUT2D eigenvalue weighted by Gasteiger charge is -2.34. The topological polar surface area (TPSA) is 70.5 Å². The summed E-state index contributed by atoms with van der Waals surface area (Å²) in [5, 5.41) is 7.39. The van der Waals surface area contributed by atoms with Gasteiger partial charge < -0.3 is 15.1 Å². The Morgan fingerprint density at radius 3 is 2.30 bits per heavy atom. The van der Waals surface area contributed by atoms with Gasteiger partial charge in [0, 0.05) is 38.4 Å². The van der Waals surface area contributed by atoms with E-state index in [1.807, 2.05) is 48.6 Å². The van der Waals surface area contributed by atoms with Gasteiger partial charge in [0.15, 0.2) is 0 Å². The molecule has 27 heavy (non-hydrogen) atoms. The second-order valence-electron chi connectivity index (χ2n) is 6.80. The molecule has 3 amide bonds. The minimum atomic E-state index is -0.0624. The zero-order valence-electron chi connectivity index (χ0n) is 16.2. The first-order valence-corrected chi connectivity index (χ1v) is 9.41. The standard InChI is InChI=1S/C20H27N5O2/c1-4-21-20(27)24-12-10-23(11-13-24)19(26)18-15(2)22-25(16(18)3)14-17-8-6-5-7-9-17/h5-9H,4,10-14H2,1-3H3,(H,21,27). The molecule has 0 atom stereocenters. The van der Waals surface area contributed by atoms with Gasteiger partial charge in [-0.3, -0.25) is 9.48 Å². The summed E-state index contributed by atoms with van der Waals surface area (Å²) in [5.74, 6) is -0.000128. The SMILES string of the molecule is CCNC(=O)N1CCN(C(=O)c2c(C)nn(Cc3ccccc3)c2C)CC1. The van der Waals surface area contributed by atoms with Crippen molar-refractivity contribution in [2.24, 2.45) is 0 Å². The van der Waals surface area contributed by atoms with Crippen molar-refractivity contribution in [1.29, 1.82) is 0 Å². The molecule has 0 aliphatic carbocycles. The molecule has 1 aliphatic heterocycles. The van der Waals surface area contributed by atoms with Crippen LogP contribution >= 0.6 is 0 Å². The van der Waals surface area contributed by atoms with E-state index in [0.717, 1.165) is 17.0 Å². The second kappa shape index (κ2) is 8.24. The molecule has 2 heterocycles. The first-order valence-electron chi connectivity index (χ1n) is 9.41. The van der Waals surface area contributed by atoms with E-state index in [9.17, 15) is 9.59 Å². The molecule has 1 saturated heterocycles. The molecule has 3 rings (SSSR count). The first kappa shape index (κ1) is 18.9. The summed E-state index contributed by atoms with van der Waals surface area (Å²) in [6.45, 7) is 9.16. The highest BCUT2D eigenvalue weighted by atomic mass is 16.2. The van der Waals surface area contributed by atoms with Gasteiger partial charge in [-0.2, -0.15) is 5.10 Å². The van der Waals surface area contributed by atoms with Crippen molar-refractivity contribution < 1.29 is 9.59 Å². The first-order chi connectivity index (χ1) is 13.0. The van der Waals surface area contributed by atoms with E-state index in [0.29, 0.717) is 44.8 Å². The van der Waals surface area contributed by atoms with Crippen LogP contribution in [-0.2, 0) is 6.54 Å². The van der Waals surface area contributed by atoms with Crippen molar-refractivity contribution >= 4 is 11.9 Å². The zero-order valence-corrected chi connectivity index (χ0v) is 16.2. The van der Waals surface area contributed by atoms with Crippen LogP contribution in [0.2, 0.25) is 0 Å². The number of aryl methyl sites for hydroxylation is 1. The van der Waals surface area contributed by atoms with Crippen LogP contribution in [0.3, 0.4) is 0 Å². The van der Waals surface area contributed by atoms with E-state index in [4.69, 9.17) is 0 Å². The molecule has 2 aromatic rings. The fourth-order valence-corrected chi connectivity index (χ4v) is 3.45. The average molecular weight is 369 g/mol. The maximum absolute atomic E-state index is 13.1. The Labute approximate surface area is 159 Å². The molecule has 0 spiro atoms. The van der Waals surface area contributed by atoms with Crippen molar-refractivity contribution in [3.05, 3.63) is 52.8 Å². The number of nitrogens with one attached hydrogen (secondary N) is 1. The van der Waals surface area contributed by atoms with Crippen LogP contribution in [0.1, 0.15) is 34.2 Å². The molecular weight excluding hydrogens is 342 g/mol. The number of carbonyl (C=O) groups excluding carboxylic acids is 2. The Morgan fingerprint density at radius 2 is 1.67 bits per heavy atom. The number of benzene rings is 1. The maximum atomic E-state index is 13.1. The normalized spacial score (nSPS) is 14.3. The Morgan fingerprint density at radius 1 is 1.04 bits per heavy atom. The Hall–Kier alpha value is -2.83. The summed E-state index contributed by atoms with van der Waals surface area (Å²) in [5.41, 5.74) is 3.46. The number of piperazine rings is 1. The van der Waals surface area contributed by atoms with Gasteiger partial charge in [0.25, 0.3) is 5.91 Å². The summed E-state index contributed by atoms with van der Waals surface area (Å²) in [7, 11) is 0. The molecule has 1 aliphatic rings. The maximum Gasteiger partial charge on any atom is 0.317 e. The van der Waals surface area contributed by atoms with E-state index >= 15 is 0 Å². The summed E-state index contributed by atoms with van der Waals surface area (Å²) in [4.78, 5) is 28.6. The highest BCUT2D eigenvalue weighted by Crippen LogP contribution is 2.18. The van der Waals surface area contributed by atoms with Crippen molar-refractivity contribution in [3.63, 3.8) is 0 Å². The minimum Gasteiger partial charge on any atom is -0.338 e. The predicted octanol–water partition coefficient (Wildman–Crippen LogP) is 2.04. The van der Waals surface area contributed by atoms with Gasteiger partial charge in [-0.05, 0) is 26.3 Å². The number of urea groups is 1. The van der Waals surface area contributed by atoms with Gasteiger partial charge in [0.2, 0.25) is 0 Å². The lowest BCUT2D eigenvalue weighted by molar-refractivity contribution is 0.0663. The van der Waals surface area contributed by atoms with Crippen LogP contribution in [0, 0.1) is 13.8 Å². The highest BCUT2D eigenvalue weighted by Gasteiger charge is 2.28. The van der Waals surface area contributed by atoms with Crippen LogP contribution in [0.4, 0.5) is 4.79 Å². The highest BCUT2D eigenvalue weighted by molar-refractivity contribution is 5.96. The summed E-state index contributed by atoms with van der Waals surface area (Å²) < 4.78 is 1.89. The van der Waals surface area contributed by atoms with Crippen molar-refractivity contribution in [1.82, 2.24) is 24.9 Å². The smallest absolute Gasteiger partial charge is 0.317 e. The fourth-order valence-electron chi connectivity index (χ4n) is 3.45. The summed E-state index contributed by atoms with van der Waals surface area (Å²) >= 11 is 0. The van der Waals surface area contributed by atoms with Crippen LogP contribution in [0.5, 0.6) is 0 Å². The fraction of sp³-hybridized carbons (Fsp3) is 0.450. The van der Waals surface area contributed by atoms with Gasteiger partial charge in [-0.1, -0.05) is 30.3 Å². The Balaban J connectivity index is 1.70. The van der Waals surface area contributed by atoms with Gasteiger partial charge in [0.1, 0.15) is 0 Å². The molecule has 144 valence electrons. The molecule has 0 bridgehead atoms. The van der Waals surface area contributed by atoms with Gasteiger partial charge in [-0.15, -0.1) is 0 Å². The van der Waals surface area contributed by atoms with E-state index in [1.165, 1.54) is 0 Å². The van der Waals surface area contributed by atoms with Crippen molar-refractivity contribution in [2.75, 3.05) is 32.7 Å². The molecule has 1 fully saturated rings. The molecule has 7 heteroatoms. The van der Waals surface area contributed by atoms with E-state index < -0.39 is 0 Å². The number of rotatable bonds is 4. The summed E-state index contributed by atoms with van der Waals surface area (Å²) in [6.07, 6.45) is 0. The number of carbonyl (C=O) groups is 2. The Bertz CT molecular complexity index is 807.